The summed E-state index contributed by atoms with van der Waals surface area (Å²) in [5.41, 5.74) is 1.04. The minimum atomic E-state index is -3.64. The lowest BCUT2D eigenvalue weighted by molar-refractivity contribution is 0.251. The molecule has 0 aliphatic rings. The maximum Gasteiger partial charge on any atom is 0.296 e. The van der Waals surface area contributed by atoms with Gasteiger partial charge in [-0.05, 0) is 50.2 Å². The maximum atomic E-state index is 12.2. The lowest BCUT2D eigenvalue weighted by Crippen LogP contribution is -2.13. The standard InChI is InChI=1S/C24H40O3S/c1-5-6-7-8-9-10-11-13-21(2)14-12-15-23(4)20-27-28(25,26)24-18-16-22(3)17-19-24/h5,16-19,21,23H,1,6-15,20H2,2-4H3/t21-,23+/m1/s1. The Labute approximate surface area is 173 Å². The number of allylic oxidation sites excluding steroid dienone is 1. The van der Waals surface area contributed by atoms with E-state index < -0.39 is 10.1 Å². The molecule has 0 radical (unpaired) electrons. The average molecular weight is 409 g/mol. The molecule has 0 aromatic heterocycles. The first kappa shape index (κ1) is 24.9. The van der Waals surface area contributed by atoms with Crippen molar-refractivity contribution in [3.8, 4) is 0 Å². The number of benzene rings is 1. The van der Waals surface area contributed by atoms with E-state index >= 15 is 0 Å². The normalized spacial score (nSPS) is 14.0. The molecule has 0 N–H and O–H groups in total. The van der Waals surface area contributed by atoms with Gasteiger partial charge in [0, 0.05) is 0 Å². The second-order valence-corrected chi connectivity index (χ2v) is 9.94. The molecular weight excluding hydrogens is 368 g/mol. The van der Waals surface area contributed by atoms with Crippen LogP contribution in [-0.2, 0) is 14.3 Å². The minimum Gasteiger partial charge on any atom is -0.266 e. The third-order valence-corrected chi connectivity index (χ3v) is 6.61. The topological polar surface area (TPSA) is 43.4 Å². The van der Waals surface area contributed by atoms with Crippen LogP contribution in [0, 0.1) is 18.8 Å². The van der Waals surface area contributed by atoms with E-state index in [1.54, 1.807) is 24.3 Å². The van der Waals surface area contributed by atoms with Gasteiger partial charge in [0.25, 0.3) is 10.1 Å². The Morgan fingerprint density at radius 1 is 0.893 bits per heavy atom. The monoisotopic (exact) mass is 408 g/mol. The molecule has 0 heterocycles. The Balaban J connectivity index is 2.13. The number of unbranched alkanes of at least 4 members (excludes halogenated alkanes) is 5. The first-order valence-corrected chi connectivity index (χ1v) is 12.3. The van der Waals surface area contributed by atoms with Crippen molar-refractivity contribution in [3.05, 3.63) is 42.5 Å². The number of aryl methyl sites for hydroxylation is 1. The maximum absolute atomic E-state index is 12.2. The van der Waals surface area contributed by atoms with Gasteiger partial charge >= 0.3 is 0 Å². The van der Waals surface area contributed by atoms with Gasteiger partial charge in [0.05, 0.1) is 11.5 Å². The van der Waals surface area contributed by atoms with Crippen molar-refractivity contribution in [1.82, 2.24) is 0 Å². The largest absolute Gasteiger partial charge is 0.296 e. The van der Waals surface area contributed by atoms with Crippen molar-refractivity contribution in [2.24, 2.45) is 11.8 Å². The fourth-order valence-electron chi connectivity index (χ4n) is 3.33. The summed E-state index contributed by atoms with van der Waals surface area (Å²) >= 11 is 0. The van der Waals surface area contributed by atoms with E-state index in [4.69, 9.17) is 4.18 Å². The quantitative estimate of drug-likeness (QED) is 0.167. The zero-order valence-corrected chi connectivity index (χ0v) is 19.0. The molecule has 0 spiro atoms. The molecule has 1 aromatic carbocycles. The van der Waals surface area contributed by atoms with Gasteiger partial charge in [0.1, 0.15) is 0 Å². The van der Waals surface area contributed by atoms with Gasteiger partial charge in [-0.2, -0.15) is 8.42 Å². The summed E-state index contributed by atoms with van der Waals surface area (Å²) < 4.78 is 29.7. The lowest BCUT2D eigenvalue weighted by Gasteiger charge is -2.15. The molecule has 160 valence electrons. The van der Waals surface area contributed by atoms with Crippen LogP contribution in [0.15, 0.2) is 41.8 Å². The zero-order valence-electron chi connectivity index (χ0n) is 18.2. The summed E-state index contributed by atoms with van der Waals surface area (Å²) in [7, 11) is -3.64. The van der Waals surface area contributed by atoms with Crippen molar-refractivity contribution < 1.29 is 12.6 Å². The summed E-state index contributed by atoms with van der Waals surface area (Å²) in [5.74, 6) is 0.995. The average Bonchev–Trinajstić information content (AvgIpc) is 2.66. The molecule has 0 amide bonds. The van der Waals surface area contributed by atoms with E-state index in [1.165, 1.54) is 44.9 Å². The molecule has 0 aliphatic carbocycles. The van der Waals surface area contributed by atoms with E-state index in [2.05, 4.69) is 20.4 Å². The number of rotatable bonds is 16. The molecule has 0 aliphatic heterocycles. The predicted molar refractivity (Wildman–Crippen MR) is 119 cm³/mol. The highest BCUT2D eigenvalue weighted by Crippen LogP contribution is 2.20. The smallest absolute Gasteiger partial charge is 0.266 e. The fraction of sp³-hybridized carbons (Fsp3) is 0.667. The summed E-state index contributed by atoms with van der Waals surface area (Å²) in [5, 5.41) is 0. The van der Waals surface area contributed by atoms with Crippen LogP contribution in [0.1, 0.15) is 83.6 Å². The lowest BCUT2D eigenvalue weighted by atomic mass is 9.94. The Bertz CT molecular complexity index is 634. The van der Waals surface area contributed by atoms with Gasteiger partial charge in [-0.25, -0.2) is 0 Å². The first-order chi connectivity index (χ1) is 13.3. The van der Waals surface area contributed by atoms with E-state index in [-0.39, 0.29) is 17.4 Å². The van der Waals surface area contributed by atoms with Crippen LogP contribution in [0.3, 0.4) is 0 Å². The zero-order chi connectivity index (χ0) is 20.8. The third-order valence-electron chi connectivity index (χ3n) is 5.32. The number of hydrogen-bond acceptors (Lipinski definition) is 3. The molecule has 28 heavy (non-hydrogen) atoms. The van der Waals surface area contributed by atoms with Gasteiger partial charge < -0.3 is 0 Å². The number of hydrogen-bond donors (Lipinski definition) is 0. The van der Waals surface area contributed by atoms with Crippen LogP contribution in [0.25, 0.3) is 0 Å². The molecule has 0 unspecified atom stereocenters. The summed E-state index contributed by atoms with van der Waals surface area (Å²) in [6.45, 7) is 10.4. The summed E-state index contributed by atoms with van der Waals surface area (Å²) in [6.07, 6.45) is 14.4. The summed E-state index contributed by atoms with van der Waals surface area (Å²) in [6, 6.07) is 6.80. The third kappa shape index (κ3) is 11.0. The van der Waals surface area contributed by atoms with Gasteiger partial charge in [0.15, 0.2) is 0 Å². The highest BCUT2D eigenvalue weighted by Gasteiger charge is 2.16. The van der Waals surface area contributed by atoms with Crippen LogP contribution in [-0.4, -0.2) is 15.0 Å². The van der Waals surface area contributed by atoms with Crippen LogP contribution in [0.4, 0.5) is 0 Å². The van der Waals surface area contributed by atoms with Crippen LogP contribution >= 0.6 is 0 Å². The van der Waals surface area contributed by atoms with E-state index in [9.17, 15) is 8.42 Å². The molecule has 0 fully saturated rings. The first-order valence-electron chi connectivity index (χ1n) is 10.9. The Morgan fingerprint density at radius 3 is 2.14 bits per heavy atom. The fourth-order valence-corrected chi connectivity index (χ4v) is 4.35. The molecule has 1 aromatic rings. The van der Waals surface area contributed by atoms with Crippen LogP contribution < -0.4 is 0 Å². The molecule has 0 saturated carbocycles. The highest BCUT2D eigenvalue weighted by molar-refractivity contribution is 7.86. The van der Waals surface area contributed by atoms with Crippen molar-refractivity contribution in [2.75, 3.05) is 6.61 Å². The molecule has 0 bridgehead atoms. The van der Waals surface area contributed by atoms with Gasteiger partial charge in [-0.15, -0.1) is 6.58 Å². The van der Waals surface area contributed by atoms with Crippen molar-refractivity contribution in [1.29, 1.82) is 0 Å². The Morgan fingerprint density at radius 2 is 1.46 bits per heavy atom. The van der Waals surface area contributed by atoms with Crippen molar-refractivity contribution >= 4 is 10.1 Å². The molecule has 1 rings (SSSR count). The van der Waals surface area contributed by atoms with Gasteiger partial charge in [-0.1, -0.05) is 82.6 Å². The predicted octanol–water partition coefficient (Wildman–Crippen LogP) is 7.06. The van der Waals surface area contributed by atoms with E-state index in [1.807, 2.05) is 13.0 Å². The SMILES string of the molecule is C=CCCCCCCC[C@@H](C)CCC[C@H](C)COS(=O)(=O)c1ccc(C)cc1. The van der Waals surface area contributed by atoms with Crippen LogP contribution in [0.5, 0.6) is 0 Å². The second-order valence-electron chi connectivity index (χ2n) is 8.33. The van der Waals surface area contributed by atoms with Gasteiger partial charge in [0.2, 0.25) is 0 Å². The van der Waals surface area contributed by atoms with Gasteiger partial charge in [-0.3, -0.25) is 4.18 Å². The highest BCUT2D eigenvalue weighted by atomic mass is 32.2. The Hall–Kier alpha value is -1.13. The molecule has 3 nitrogen and oxygen atoms in total. The Kier molecular flexibility index (Phi) is 12.4. The molecule has 2 atom stereocenters. The molecule has 0 saturated heterocycles. The van der Waals surface area contributed by atoms with Crippen molar-refractivity contribution in [3.63, 3.8) is 0 Å². The van der Waals surface area contributed by atoms with Crippen molar-refractivity contribution in [2.45, 2.75) is 89.9 Å². The summed E-state index contributed by atoms with van der Waals surface area (Å²) in [4.78, 5) is 0.239. The minimum absolute atomic E-state index is 0.239. The second kappa shape index (κ2) is 13.9. The van der Waals surface area contributed by atoms with E-state index in [0.717, 1.165) is 30.7 Å². The van der Waals surface area contributed by atoms with E-state index in [0.29, 0.717) is 0 Å². The van der Waals surface area contributed by atoms with Crippen LogP contribution in [0.2, 0.25) is 0 Å². The molecule has 4 heteroatoms. The molecular formula is C24H40O3S.